The molecule has 0 saturated heterocycles. The van der Waals surface area contributed by atoms with Crippen LogP contribution in [0.1, 0.15) is 30.7 Å². The first-order valence-electron chi connectivity index (χ1n) is 5.82. The molecule has 0 aliphatic heterocycles. The zero-order valence-electron chi connectivity index (χ0n) is 9.87. The number of nitrogens with one attached hydrogen (secondary N) is 1. The summed E-state index contributed by atoms with van der Waals surface area (Å²) >= 11 is 3.42. The van der Waals surface area contributed by atoms with Gasteiger partial charge in [-0.15, -0.1) is 0 Å². The van der Waals surface area contributed by atoms with Crippen LogP contribution in [0.25, 0.3) is 0 Å². The summed E-state index contributed by atoms with van der Waals surface area (Å²) in [6.45, 7) is 0. The van der Waals surface area contributed by atoms with Crippen LogP contribution in [-0.2, 0) is 4.79 Å². The summed E-state index contributed by atoms with van der Waals surface area (Å²) in [4.78, 5) is 11.7. The molecule has 1 amide bonds. The Balaban J connectivity index is 2.12. The number of amides is 1. The molecular weight excluding hydrogens is 280 g/mol. The molecule has 1 fully saturated rings. The first kappa shape index (κ1) is 12.6. The maximum Gasteiger partial charge on any atom is 0.239 e. The molecule has 4 heteroatoms. The Labute approximate surface area is 110 Å². The van der Waals surface area contributed by atoms with Gasteiger partial charge >= 0.3 is 0 Å². The number of carbonyl (C=O) groups is 1. The first-order valence-corrected chi connectivity index (χ1v) is 6.61. The van der Waals surface area contributed by atoms with Gasteiger partial charge in [-0.1, -0.05) is 28.1 Å². The van der Waals surface area contributed by atoms with E-state index in [0.717, 1.165) is 23.7 Å². The highest BCUT2D eigenvalue weighted by atomic mass is 79.9. The summed E-state index contributed by atoms with van der Waals surface area (Å²) in [6.07, 6.45) is 2.47. The number of hydrogen-bond donors (Lipinski definition) is 2. The van der Waals surface area contributed by atoms with Gasteiger partial charge < -0.3 is 11.1 Å². The Kier molecular flexibility index (Phi) is 3.54. The molecule has 3 N–H and O–H groups in total. The Hall–Kier alpha value is -0.870. The lowest BCUT2D eigenvalue weighted by Crippen LogP contribution is -2.51. The highest BCUT2D eigenvalue weighted by Crippen LogP contribution is 2.39. The average Bonchev–Trinajstić information content (AvgIpc) is 2.73. The van der Waals surface area contributed by atoms with Gasteiger partial charge in [0.25, 0.3) is 0 Å². The fourth-order valence-electron chi connectivity index (χ4n) is 2.55. The average molecular weight is 297 g/mol. The van der Waals surface area contributed by atoms with Gasteiger partial charge in [0.05, 0.1) is 5.54 Å². The fourth-order valence-corrected chi connectivity index (χ4v) is 2.81. The van der Waals surface area contributed by atoms with Gasteiger partial charge in [-0.3, -0.25) is 4.79 Å². The Bertz CT molecular complexity index is 418. The van der Waals surface area contributed by atoms with Crippen molar-refractivity contribution in [1.29, 1.82) is 0 Å². The van der Waals surface area contributed by atoms with E-state index in [4.69, 9.17) is 5.73 Å². The standard InChI is InChI=1S/C13H17BrN2O/c1-16-12(17)13(15)7-6-10(8-13)9-2-4-11(14)5-3-9/h2-5,10H,6-8,15H2,1H3,(H,16,17)/t10-,13-/m0/s1. The van der Waals surface area contributed by atoms with Crippen molar-refractivity contribution in [3.63, 3.8) is 0 Å². The molecule has 1 aromatic rings. The van der Waals surface area contributed by atoms with E-state index in [1.807, 2.05) is 12.1 Å². The molecule has 0 radical (unpaired) electrons. The second-order valence-electron chi connectivity index (χ2n) is 4.73. The molecule has 1 aliphatic carbocycles. The number of hydrogen-bond acceptors (Lipinski definition) is 2. The van der Waals surface area contributed by atoms with Crippen LogP contribution in [0.5, 0.6) is 0 Å². The van der Waals surface area contributed by atoms with E-state index in [1.165, 1.54) is 5.56 Å². The molecule has 1 aliphatic rings. The molecule has 0 spiro atoms. The van der Waals surface area contributed by atoms with Gasteiger partial charge in [0, 0.05) is 11.5 Å². The van der Waals surface area contributed by atoms with Crippen molar-refractivity contribution in [3.05, 3.63) is 34.3 Å². The fraction of sp³-hybridized carbons (Fsp3) is 0.462. The van der Waals surface area contributed by atoms with E-state index in [0.29, 0.717) is 5.92 Å². The van der Waals surface area contributed by atoms with Gasteiger partial charge in [-0.05, 0) is 42.9 Å². The summed E-state index contributed by atoms with van der Waals surface area (Å²) in [6, 6.07) is 8.27. The Morgan fingerprint density at radius 2 is 2.12 bits per heavy atom. The van der Waals surface area contributed by atoms with Gasteiger partial charge in [0.2, 0.25) is 5.91 Å². The minimum Gasteiger partial charge on any atom is -0.358 e. The highest BCUT2D eigenvalue weighted by molar-refractivity contribution is 9.10. The molecule has 92 valence electrons. The van der Waals surface area contributed by atoms with Crippen LogP contribution < -0.4 is 11.1 Å². The molecule has 2 rings (SSSR count). The molecule has 3 nitrogen and oxygen atoms in total. The van der Waals surface area contributed by atoms with Crippen LogP contribution in [0.15, 0.2) is 28.7 Å². The number of nitrogens with two attached hydrogens (primary N) is 1. The molecule has 1 saturated carbocycles. The van der Waals surface area contributed by atoms with Crippen LogP contribution in [0.2, 0.25) is 0 Å². The SMILES string of the molecule is CNC(=O)[C@]1(N)CC[C@H](c2ccc(Br)cc2)C1. The number of benzene rings is 1. The van der Waals surface area contributed by atoms with Crippen LogP contribution in [0, 0.1) is 0 Å². The molecule has 0 unspecified atom stereocenters. The molecule has 0 aromatic heterocycles. The molecule has 2 atom stereocenters. The number of rotatable bonds is 2. The van der Waals surface area contributed by atoms with Crippen molar-refractivity contribution in [2.45, 2.75) is 30.7 Å². The van der Waals surface area contributed by atoms with Crippen LogP contribution in [0.3, 0.4) is 0 Å². The lowest BCUT2D eigenvalue weighted by molar-refractivity contribution is -0.125. The summed E-state index contributed by atoms with van der Waals surface area (Å²) in [5.74, 6) is 0.350. The van der Waals surface area contributed by atoms with Gasteiger partial charge in [-0.2, -0.15) is 0 Å². The number of halogens is 1. The van der Waals surface area contributed by atoms with Crippen molar-refractivity contribution in [2.24, 2.45) is 5.73 Å². The highest BCUT2D eigenvalue weighted by Gasteiger charge is 2.41. The molecule has 1 aromatic carbocycles. The summed E-state index contributed by atoms with van der Waals surface area (Å²) in [7, 11) is 1.64. The quantitative estimate of drug-likeness (QED) is 0.879. The van der Waals surface area contributed by atoms with E-state index in [2.05, 4.69) is 33.4 Å². The third-order valence-corrected chi connectivity index (χ3v) is 4.10. The van der Waals surface area contributed by atoms with E-state index in [9.17, 15) is 4.79 Å². The summed E-state index contributed by atoms with van der Waals surface area (Å²) in [5, 5.41) is 2.66. The zero-order valence-corrected chi connectivity index (χ0v) is 11.5. The molecule has 0 bridgehead atoms. The van der Waals surface area contributed by atoms with Crippen molar-refractivity contribution < 1.29 is 4.79 Å². The third-order valence-electron chi connectivity index (χ3n) is 3.57. The van der Waals surface area contributed by atoms with E-state index >= 15 is 0 Å². The van der Waals surface area contributed by atoms with Gasteiger partial charge in [0.15, 0.2) is 0 Å². The number of carbonyl (C=O) groups excluding carboxylic acids is 1. The number of likely N-dealkylation sites (N-methyl/N-ethyl adjacent to an activating group) is 1. The van der Waals surface area contributed by atoms with Gasteiger partial charge in [0.1, 0.15) is 0 Å². The van der Waals surface area contributed by atoms with Crippen molar-refractivity contribution in [1.82, 2.24) is 5.32 Å². The predicted octanol–water partition coefficient (Wildman–Crippen LogP) is 2.16. The van der Waals surface area contributed by atoms with Crippen LogP contribution in [-0.4, -0.2) is 18.5 Å². The molecular formula is C13H17BrN2O. The monoisotopic (exact) mass is 296 g/mol. The van der Waals surface area contributed by atoms with E-state index < -0.39 is 5.54 Å². The minimum atomic E-state index is -0.688. The van der Waals surface area contributed by atoms with Crippen LogP contribution >= 0.6 is 15.9 Å². The van der Waals surface area contributed by atoms with E-state index in [-0.39, 0.29) is 5.91 Å². The van der Waals surface area contributed by atoms with Crippen molar-refractivity contribution in [3.8, 4) is 0 Å². The smallest absolute Gasteiger partial charge is 0.239 e. The topological polar surface area (TPSA) is 55.1 Å². The summed E-state index contributed by atoms with van der Waals surface area (Å²) < 4.78 is 1.07. The largest absolute Gasteiger partial charge is 0.358 e. The van der Waals surface area contributed by atoms with Gasteiger partial charge in [-0.25, -0.2) is 0 Å². The maximum absolute atomic E-state index is 11.7. The first-order chi connectivity index (χ1) is 8.05. The third kappa shape index (κ3) is 2.53. The molecule has 17 heavy (non-hydrogen) atoms. The lowest BCUT2D eigenvalue weighted by atomic mass is 9.92. The van der Waals surface area contributed by atoms with Crippen LogP contribution in [0.4, 0.5) is 0 Å². The second-order valence-corrected chi connectivity index (χ2v) is 5.64. The zero-order chi connectivity index (χ0) is 12.5. The Morgan fingerprint density at radius 3 is 2.71 bits per heavy atom. The minimum absolute atomic E-state index is 0.0443. The normalized spacial score (nSPS) is 28.1. The Morgan fingerprint density at radius 1 is 1.47 bits per heavy atom. The van der Waals surface area contributed by atoms with Crippen molar-refractivity contribution >= 4 is 21.8 Å². The van der Waals surface area contributed by atoms with Crippen molar-refractivity contribution in [2.75, 3.05) is 7.05 Å². The summed E-state index contributed by atoms with van der Waals surface area (Å²) in [5.41, 5.74) is 6.73. The lowest BCUT2D eigenvalue weighted by Gasteiger charge is -2.22. The maximum atomic E-state index is 11.7. The van der Waals surface area contributed by atoms with E-state index in [1.54, 1.807) is 7.05 Å². The second kappa shape index (κ2) is 4.78. The molecule has 0 heterocycles. The predicted molar refractivity (Wildman–Crippen MR) is 71.7 cm³/mol.